The smallest absolute Gasteiger partial charge is 0.309 e. The first-order valence-corrected chi connectivity index (χ1v) is 12.0. The lowest BCUT2D eigenvalue weighted by atomic mass is 9.97. The number of nitrogens with zero attached hydrogens (tertiary/aromatic N) is 4. The number of carbonyl (C=O) groups is 1. The van der Waals surface area contributed by atoms with Gasteiger partial charge < -0.3 is 14.1 Å². The Bertz CT molecular complexity index is 1290. The fourth-order valence-corrected chi connectivity index (χ4v) is 5.25. The summed E-state index contributed by atoms with van der Waals surface area (Å²) in [4.78, 5) is 30.8. The molecule has 33 heavy (non-hydrogen) atoms. The molecule has 1 aliphatic heterocycles. The van der Waals surface area contributed by atoms with Crippen LogP contribution in [0.5, 0.6) is 0 Å². The minimum Gasteiger partial charge on any atom is -0.459 e. The summed E-state index contributed by atoms with van der Waals surface area (Å²) in [5.74, 6) is 1.90. The van der Waals surface area contributed by atoms with Crippen molar-refractivity contribution in [1.82, 2.24) is 15.0 Å². The number of anilines is 1. The number of fused-ring (bicyclic) bond motifs is 1. The van der Waals surface area contributed by atoms with E-state index in [1.54, 1.807) is 17.7 Å². The topological polar surface area (TPSA) is 81.4 Å². The van der Waals surface area contributed by atoms with E-state index >= 15 is 0 Å². The standard InChI is InChI=1S/C25H26N4O3S/c1-15-17(3)33-24-21(15)22(26-14-27-24)29-11-9-19(10-12-29)25(30)31-13-20-16(2)32-23(28-20)18-7-5-4-6-8-18/h4-8,14,19H,9-13H2,1-3H3. The SMILES string of the molecule is Cc1oc(-c2ccccc2)nc1COC(=O)C1CCN(c2ncnc3sc(C)c(C)c23)CC1. The van der Waals surface area contributed by atoms with Crippen LogP contribution >= 0.6 is 11.3 Å². The molecule has 4 heterocycles. The third-order valence-electron chi connectivity index (χ3n) is 6.34. The normalized spacial score (nSPS) is 14.7. The molecule has 3 aromatic heterocycles. The number of ether oxygens (including phenoxy) is 1. The zero-order valence-electron chi connectivity index (χ0n) is 19.0. The van der Waals surface area contributed by atoms with Crippen LogP contribution < -0.4 is 4.90 Å². The zero-order valence-corrected chi connectivity index (χ0v) is 19.8. The van der Waals surface area contributed by atoms with Crippen molar-refractivity contribution in [3.63, 3.8) is 0 Å². The van der Waals surface area contributed by atoms with Gasteiger partial charge in [-0.3, -0.25) is 4.79 Å². The molecule has 0 spiro atoms. The minimum atomic E-state index is -0.172. The van der Waals surface area contributed by atoms with E-state index in [1.807, 2.05) is 37.3 Å². The molecule has 1 saturated heterocycles. The lowest BCUT2D eigenvalue weighted by Gasteiger charge is -2.32. The highest BCUT2D eigenvalue weighted by Crippen LogP contribution is 2.35. The summed E-state index contributed by atoms with van der Waals surface area (Å²) in [5.41, 5.74) is 2.80. The molecule has 0 amide bonds. The minimum absolute atomic E-state index is 0.121. The molecule has 7 nitrogen and oxygen atoms in total. The van der Waals surface area contributed by atoms with Gasteiger partial charge in [0.25, 0.3) is 0 Å². The molecule has 0 bridgehead atoms. The first-order chi connectivity index (χ1) is 16.0. The molecule has 1 aromatic carbocycles. The lowest BCUT2D eigenvalue weighted by molar-refractivity contribution is -0.150. The van der Waals surface area contributed by atoms with Crippen LogP contribution in [0.3, 0.4) is 0 Å². The number of hydrogen-bond acceptors (Lipinski definition) is 8. The molecule has 1 fully saturated rings. The Kier molecular flexibility index (Phi) is 5.85. The van der Waals surface area contributed by atoms with Crippen molar-refractivity contribution in [2.75, 3.05) is 18.0 Å². The van der Waals surface area contributed by atoms with Gasteiger partial charge in [0.15, 0.2) is 0 Å². The fourth-order valence-electron chi connectivity index (χ4n) is 4.25. The van der Waals surface area contributed by atoms with Crippen LogP contribution in [0, 0.1) is 26.7 Å². The summed E-state index contributed by atoms with van der Waals surface area (Å²) in [5, 5.41) is 1.14. The molecular formula is C25H26N4O3S. The van der Waals surface area contributed by atoms with E-state index < -0.39 is 0 Å². The van der Waals surface area contributed by atoms with Crippen LogP contribution in [0.15, 0.2) is 41.1 Å². The van der Waals surface area contributed by atoms with Crippen molar-refractivity contribution in [3.05, 3.63) is 58.6 Å². The molecule has 170 valence electrons. The Balaban J connectivity index is 1.20. The number of esters is 1. The van der Waals surface area contributed by atoms with Crippen LogP contribution in [-0.2, 0) is 16.1 Å². The molecule has 4 aromatic rings. The van der Waals surface area contributed by atoms with E-state index in [9.17, 15) is 4.79 Å². The highest BCUT2D eigenvalue weighted by atomic mass is 32.1. The van der Waals surface area contributed by atoms with Crippen molar-refractivity contribution in [1.29, 1.82) is 0 Å². The summed E-state index contributed by atoms with van der Waals surface area (Å²) in [6.07, 6.45) is 3.11. The Labute approximate surface area is 196 Å². The van der Waals surface area contributed by atoms with Gasteiger partial charge in [0.2, 0.25) is 5.89 Å². The number of hydrogen-bond donors (Lipinski definition) is 0. The fraction of sp³-hybridized carbons (Fsp3) is 0.360. The van der Waals surface area contributed by atoms with Gasteiger partial charge in [-0.05, 0) is 51.3 Å². The van der Waals surface area contributed by atoms with Gasteiger partial charge in [-0.25, -0.2) is 15.0 Å². The van der Waals surface area contributed by atoms with Crippen LogP contribution in [-0.4, -0.2) is 34.0 Å². The van der Waals surface area contributed by atoms with Gasteiger partial charge in [0.05, 0.1) is 11.3 Å². The number of carbonyl (C=O) groups excluding carboxylic acids is 1. The van der Waals surface area contributed by atoms with Crippen molar-refractivity contribution in [3.8, 4) is 11.5 Å². The van der Waals surface area contributed by atoms with E-state index in [4.69, 9.17) is 9.15 Å². The number of piperidine rings is 1. The second kappa shape index (κ2) is 8.94. The zero-order chi connectivity index (χ0) is 22.9. The van der Waals surface area contributed by atoms with Crippen molar-refractivity contribution >= 4 is 33.3 Å². The molecule has 0 N–H and O–H groups in total. The van der Waals surface area contributed by atoms with E-state index in [1.165, 1.54) is 10.4 Å². The molecule has 0 aliphatic carbocycles. The third-order valence-corrected chi connectivity index (χ3v) is 7.45. The maximum absolute atomic E-state index is 12.7. The average Bonchev–Trinajstić information content (AvgIpc) is 3.36. The van der Waals surface area contributed by atoms with Crippen LogP contribution in [0.2, 0.25) is 0 Å². The predicted molar refractivity (Wildman–Crippen MR) is 128 cm³/mol. The summed E-state index contributed by atoms with van der Waals surface area (Å²) in [6.45, 7) is 7.74. The van der Waals surface area contributed by atoms with Gasteiger partial charge in [0, 0.05) is 23.5 Å². The largest absolute Gasteiger partial charge is 0.459 e. The van der Waals surface area contributed by atoms with E-state index in [2.05, 4.69) is 33.7 Å². The monoisotopic (exact) mass is 462 g/mol. The Hall–Kier alpha value is -3.26. The van der Waals surface area contributed by atoms with Crippen LogP contribution in [0.1, 0.15) is 34.7 Å². The van der Waals surface area contributed by atoms with E-state index in [0.717, 1.165) is 47.5 Å². The second-order valence-corrected chi connectivity index (χ2v) is 9.62. The molecule has 5 rings (SSSR count). The number of aryl methyl sites for hydroxylation is 3. The van der Waals surface area contributed by atoms with Crippen LogP contribution in [0.4, 0.5) is 5.82 Å². The summed E-state index contributed by atoms with van der Waals surface area (Å²) >= 11 is 1.70. The van der Waals surface area contributed by atoms with Crippen LogP contribution in [0.25, 0.3) is 21.7 Å². The Morgan fingerprint density at radius 2 is 1.91 bits per heavy atom. The van der Waals surface area contributed by atoms with Crippen molar-refractivity contribution < 1.29 is 13.9 Å². The number of oxazole rings is 1. The molecule has 0 unspecified atom stereocenters. The summed E-state index contributed by atoms with van der Waals surface area (Å²) in [6, 6.07) is 9.71. The number of thiophene rings is 1. The van der Waals surface area contributed by atoms with Gasteiger partial charge >= 0.3 is 5.97 Å². The predicted octanol–water partition coefficient (Wildman–Crippen LogP) is 5.23. The number of aromatic nitrogens is 3. The van der Waals surface area contributed by atoms with Crippen molar-refractivity contribution in [2.45, 2.75) is 40.2 Å². The van der Waals surface area contributed by atoms with Crippen molar-refractivity contribution in [2.24, 2.45) is 5.92 Å². The van der Waals surface area contributed by atoms with Gasteiger partial charge in [-0.15, -0.1) is 11.3 Å². The Morgan fingerprint density at radius 1 is 1.15 bits per heavy atom. The van der Waals surface area contributed by atoms with Gasteiger partial charge in [-0.2, -0.15) is 0 Å². The highest BCUT2D eigenvalue weighted by Gasteiger charge is 2.28. The molecule has 0 saturated carbocycles. The molecule has 1 aliphatic rings. The average molecular weight is 463 g/mol. The first-order valence-electron chi connectivity index (χ1n) is 11.1. The summed E-state index contributed by atoms with van der Waals surface area (Å²) in [7, 11) is 0. The lowest BCUT2D eigenvalue weighted by Crippen LogP contribution is -2.37. The van der Waals surface area contributed by atoms with E-state index in [0.29, 0.717) is 17.3 Å². The molecule has 0 atom stereocenters. The Morgan fingerprint density at radius 3 is 2.67 bits per heavy atom. The first kappa shape index (κ1) is 21.6. The molecule has 0 radical (unpaired) electrons. The van der Waals surface area contributed by atoms with E-state index in [-0.39, 0.29) is 18.5 Å². The molecular weight excluding hydrogens is 436 g/mol. The number of benzene rings is 1. The van der Waals surface area contributed by atoms with Gasteiger partial charge in [-0.1, -0.05) is 18.2 Å². The summed E-state index contributed by atoms with van der Waals surface area (Å²) < 4.78 is 11.4. The molecule has 8 heteroatoms. The maximum atomic E-state index is 12.7. The maximum Gasteiger partial charge on any atom is 0.309 e. The third kappa shape index (κ3) is 4.23. The van der Waals surface area contributed by atoms with Gasteiger partial charge in [0.1, 0.15) is 35.0 Å². The quantitative estimate of drug-likeness (QED) is 0.376. The number of rotatable bonds is 5. The highest BCUT2D eigenvalue weighted by molar-refractivity contribution is 7.18. The second-order valence-electron chi connectivity index (χ2n) is 8.42.